The van der Waals surface area contributed by atoms with E-state index < -0.39 is 6.04 Å². The Bertz CT molecular complexity index is 570. The van der Waals surface area contributed by atoms with Crippen LogP contribution in [0.4, 0.5) is 5.95 Å². The lowest BCUT2D eigenvalue weighted by molar-refractivity contribution is -0.153. The van der Waals surface area contributed by atoms with Gasteiger partial charge in [-0.3, -0.25) is 4.79 Å². The molecule has 0 radical (unpaired) electrons. The SMILES string of the molecule is C[C@]12CCC(=O)N1[C@H](C(=O)OCCNc1ncccn1)CS2. The van der Waals surface area contributed by atoms with Crippen molar-refractivity contribution in [2.45, 2.75) is 30.7 Å². The standard InChI is InChI=1S/C14H18N4O3S/c1-14-4-3-11(19)18(14)10(9-22-14)12(20)21-8-7-17-13-15-5-2-6-16-13/h2,5-6,10H,3-4,7-9H2,1H3,(H,15,16,17)/t10-,14-/m0/s1. The number of nitrogens with one attached hydrogen (secondary N) is 1. The summed E-state index contributed by atoms with van der Waals surface area (Å²) in [5, 5.41) is 2.97. The van der Waals surface area contributed by atoms with Gasteiger partial charge >= 0.3 is 5.97 Å². The molecule has 3 heterocycles. The molecule has 2 atom stereocenters. The fourth-order valence-electron chi connectivity index (χ4n) is 2.80. The third-order valence-electron chi connectivity index (χ3n) is 3.91. The highest BCUT2D eigenvalue weighted by Crippen LogP contribution is 2.47. The van der Waals surface area contributed by atoms with Crippen LogP contribution in [0.5, 0.6) is 0 Å². The second-order valence-corrected chi connectivity index (χ2v) is 6.93. The number of rotatable bonds is 5. The first kappa shape index (κ1) is 15.1. The molecule has 118 valence electrons. The maximum absolute atomic E-state index is 12.2. The van der Waals surface area contributed by atoms with Crippen LogP contribution in [-0.4, -0.2) is 56.6 Å². The Morgan fingerprint density at radius 1 is 1.55 bits per heavy atom. The Labute approximate surface area is 132 Å². The number of amides is 1. The van der Waals surface area contributed by atoms with Crippen molar-refractivity contribution in [1.82, 2.24) is 14.9 Å². The topological polar surface area (TPSA) is 84.4 Å². The number of esters is 1. The molecule has 7 nitrogen and oxygen atoms in total. The van der Waals surface area contributed by atoms with Gasteiger partial charge in [0, 0.05) is 24.6 Å². The van der Waals surface area contributed by atoms with E-state index in [9.17, 15) is 9.59 Å². The minimum atomic E-state index is -0.460. The maximum Gasteiger partial charge on any atom is 0.329 e. The van der Waals surface area contributed by atoms with Crippen molar-refractivity contribution >= 4 is 29.6 Å². The van der Waals surface area contributed by atoms with Gasteiger partial charge in [0.25, 0.3) is 0 Å². The number of carbonyl (C=O) groups excluding carboxylic acids is 2. The van der Waals surface area contributed by atoms with Crippen molar-refractivity contribution in [2.24, 2.45) is 0 Å². The molecule has 0 saturated carbocycles. The zero-order valence-corrected chi connectivity index (χ0v) is 13.1. The quantitative estimate of drug-likeness (QED) is 0.636. The first-order valence-corrected chi connectivity index (χ1v) is 8.22. The summed E-state index contributed by atoms with van der Waals surface area (Å²) in [6, 6.07) is 1.27. The van der Waals surface area contributed by atoms with Crippen LogP contribution in [0.2, 0.25) is 0 Å². The predicted molar refractivity (Wildman–Crippen MR) is 82.2 cm³/mol. The zero-order chi connectivity index (χ0) is 15.6. The Morgan fingerprint density at radius 2 is 2.32 bits per heavy atom. The number of thioether (sulfide) groups is 1. The van der Waals surface area contributed by atoms with E-state index in [2.05, 4.69) is 15.3 Å². The Kier molecular flexibility index (Phi) is 4.19. The lowest BCUT2D eigenvalue weighted by Gasteiger charge is -2.29. The average Bonchev–Trinajstić information content (AvgIpc) is 3.01. The number of aromatic nitrogens is 2. The molecule has 2 saturated heterocycles. The molecule has 2 aliphatic rings. The normalized spacial score (nSPS) is 26.9. The first-order valence-electron chi connectivity index (χ1n) is 7.24. The van der Waals surface area contributed by atoms with Crippen LogP contribution in [-0.2, 0) is 14.3 Å². The van der Waals surface area contributed by atoms with Crippen LogP contribution in [0.25, 0.3) is 0 Å². The first-order chi connectivity index (χ1) is 10.6. The summed E-state index contributed by atoms with van der Waals surface area (Å²) in [4.78, 5) is 33.7. The Balaban J connectivity index is 1.47. The van der Waals surface area contributed by atoms with Gasteiger partial charge in [-0.1, -0.05) is 0 Å². The van der Waals surface area contributed by atoms with Crippen molar-refractivity contribution in [1.29, 1.82) is 0 Å². The molecule has 1 aromatic rings. The molecule has 0 unspecified atom stereocenters. The largest absolute Gasteiger partial charge is 0.462 e. The smallest absolute Gasteiger partial charge is 0.329 e. The second kappa shape index (κ2) is 6.12. The molecular weight excluding hydrogens is 304 g/mol. The molecule has 1 N–H and O–H groups in total. The summed E-state index contributed by atoms with van der Waals surface area (Å²) in [6.45, 7) is 2.67. The van der Waals surface area contributed by atoms with Gasteiger partial charge in [0.1, 0.15) is 12.6 Å². The van der Waals surface area contributed by atoms with E-state index in [1.165, 1.54) is 0 Å². The Hall–Kier alpha value is -1.83. The van der Waals surface area contributed by atoms with E-state index in [0.29, 0.717) is 24.7 Å². The van der Waals surface area contributed by atoms with Crippen LogP contribution in [0.15, 0.2) is 18.5 Å². The van der Waals surface area contributed by atoms with Crippen LogP contribution in [0.1, 0.15) is 19.8 Å². The van der Waals surface area contributed by atoms with Gasteiger partial charge in [0.05, 0.1) is 11.4 Å². The van der Waals surface area contributed by atoms with Gasteiger partial charge < -0.3 is 15.0 Å². The highest BCUT2D eigenvalue weighted by atomic mass is 32.2. The highest BCUT2D eigenvalue weighted by Gasteiger charge is 2.53. The number of nitrogens with zero attached hydrogens (tertiary/aromatic N) is 3. The zero-order valence-electron chi connectivity index (χ0n) is 12.3. The molecule has 8 heteroatoms. The molecule has 22 heavy (non-hydrogen) atoms. The summed E-state index contributed by atoms with van der Waals surface area (Å²) in [7, 11) is 0. The van der Waals surface area contributed by atoms with E-state index >= 15 is 0 Å². The van der Waals surface area contributed by atoms with Gasteiger partial charge in [-0.15, -0.1) is 11.8 Å². The predicted octanol–water partition coefficient (Wildman–Crippen LogP) is 0.886. The Morgan fingerprint density at radius 3 is 3.09 bits per heavy atom. The van der Waals surface area contributed by atoms with Gasteiger partial charge in [-0.05, 0) is 19.4 Å². The number of ether oxygens (including phenoxy) is 1. The minimum absolute atomic E-state index is 0.0465. The summed E-state index contributed by atoms with van der Waals surface area (Å²) in [5.74, 6) is 0.820. The van der Waals surface area contributed by atoms with Crippen molar-refractivity contribution in [3.8, 4) is 0 Å². The molecule has 3 rings (SSSR count). The molecule has 1 aromatic heterocycles. The summed E-state index contributed by atoms with van der Waals surface area (Å²) < 4.78 is 5.28. The van der Waals surface area contributed by atoms with Crippen LogP contribution < -0.4 is 5.32 Å². The highest BCUT2D eigenvalue weighted by molar-refractivity contribution is 8.01. The van der Waals surface area contributed by atoms with E-state index in [-0.39, 0.29) is 23.4 Å². The van der Waals surface area contributed by atoms with Crippen LogP contribution >= 0.6 is 11.8 Å². The molecule has 1 amide bonds. The van der Waals surface area contributed by atoms with Gasteiger partial charge in [0.2, 0.25) is 11.9 Å². The van der Waals surface area contributed by atoms with Crippen LogP contribution in [0.3, 0.4) is 0 Å². The fraction of sp³-hybridized carbons (Fsp3) is 0.571. The fourth-order valence-corrected chi connectivity index (χ4v) is 4.21. The number of hydrogen-bond acceptors (Lipinski definition) is 7. The number of hydrogen-bond donors (Lipinski definition) is 1. The van der Waals surface area contributed by atoms with Gasteiger partial charge in [-0.25, -0.2) is 14.8 Å². The third kappa shape index (κ3) is 2.87. The maximum atomic E-state index is 12.2. The van der Waals surface area contributed by atoms with Crippen molar-refractivity contribution in [3.63, 3.8) is 0 Å². The molecule has 2 fully saturated rings. The van der Waals surface area contributed by atoms with Gasteiger partial charge in [0.15, 0.2) is 0 Å². The number of carbonyl (C=O) groups is 2. The van der Waals surface area contributed by atoms with E-state index in [1.54, 1.807) is 35.1 Å². The summed E-state index contributed by atoms with van der Waals surface area (Å²) in [6.07, 6.45) is 4.58. The summed E-state index contributed by atoms with van der Waals surface area (Å²) >= 11 is 1.66. The average molecular weight is 322 g/mol. The second-order valence-electron chi connectivity index (χ2n) is 5.43. The van der Waals surface area contributed by atoms with Gasteiger partial charge in [-0.2, -0.15) is 0 Å². The van der Waals surface area contributed by atoms with Crippen molar-refractivity contribution in [2.75, 3.05) is 24.2 Å². The summed E-state index contributed by atoms with van der Waals surface area (Å²) in [5.41, 5.74) is 0. The lowest BCUT2D eigenvalue weighted by Crippen LogP contribution is -2.46. The number of anilines is 1. The number of fused-ring (bicyclic) bond motifs is 1. The molecule has 0 spiro atoms. The van der Waals surface area contributed by atoms with Crippen LogP contribution in [0, 0.1) is 0 Å². The van der Waals surface area contributed by atoms with E-state index in [1.807, 2.05) is 6.92 Å². The molecular formula is C14H18N4O3S. The molecule has 0 bridgehead atoms. The third-order valence-corrected chi connectivity index (χ3v) is 5.42. The lowest BCUT2D eigenvalue weighted by atomic mass is 10.2. The monoisotopic (exact) mass is 322 g/mol. The minimum Gasteiger partial charge on any atom is -0.462 e. The molecule has 2 aliphatic heterocycles. The van der Waals surface area contributed by atoms with Crippen molar-refractivity contribution in [3.05, 3.63) is 18.5 Å². The van der Waals surface area contributed by atoms with E-state index in [0.717, 1.165) is 6.42 Å². The van der Waals surface area contributed by atoms with E-state index in [4.69, 9.17) is 4.74 Å². The van der Waals surface area contributed by atoms with Crippen molar-refractivity contribution < 1.29 is 14.3 Å². The molecule has 0 aromatic carbocycles. The molecule has 0 aliphatic carbocycles.